The van der Waals surface area contributed by atoms with E-state index in [9.17, 15) is 0 Å². The summed E-state index contributed by atoms with van der Waals surface area (Å²) < 4.78 is 0. The van der Waals surface area contributed by atoms with E-state index < -0.39 is 0 Å². The third-order valence-electron chi connectivity index (χ3n) is 1.38. The van der Waals surface area contributed by atoms with E-state index in [4.69, 9.17) is 0 Å². The van der Waals surface area contributed by atoms with Crippen LogP contribution in [0, 0.1) is 0 Å². The molecule has 3 rings (SSSR count). The summed E-state index contributed by atoms with van der Waals surface area (Å²) in [5.41, 5.74) is 0. The molecular weight excluding hydrogens is 233 g/mol. The number of nitrogens with zero attached hydrogens (tertiary/aromatic N) is 3. The Morgan fingerprint density at radius 2 is 1.53 bits per heavy atom. The number of rotatable bonds is 0. The van der Waals surface area contributed by atoms with Crippen molar-refractivity contribution in [1.82, 2.24) is 25.1 Å². The molecule has 0 aliphatic carbocycles. The number of hydrogen-bond acceptors (Lipinski definition) is 3. The predicted octanol–water partition coefficient (Wildman–Crippen LogP) is 1.96. The minimum atomic E-state index is 0. The Morgan fingerprint density at radius 3 is 1.71 bits per heavy atom. The first-order valence-electron chi connectivity index (χ1n) is 4.71. The largest absolute Gasteiger partial charge is 0.351 e. The highest BCUT2D eigenvalue weighted by Crippen LogP contribution is 1.73. The smallest absolute Gasteiger partial charge is 0.0919 e. The molecule has 0 aliphatic heterocycles. The number of nitrogens with one attached hydrogen (secondary N) is 2. The van der Waals surface area contributed by atoms with Crippen molar-refractivity contribution in [2.24, 2.45) is 0 Å². The standard InChI is InChI=1S/C5H5N.2C3H4N2.H3P/c1-2-4-6-5-3-1;1-2-5-3-4-1;1-2-4-5-3-1;/h1-5H;2*1-3H,(H,4,5);1H3. The van der Waals surface area contributed by atoms with E-state index >= 15 is 0 Å². The zero-order chi connectivity index (χ0) is 11.3. The second kappa shape index (κ2) is 12.1. The molecule has 0 fully saturated rings. The summed E-state index contributed by atoms with van der Waals surface area (Å²) in [5, 5.41) is 6.21. The lowest BCUT2D eigenvalue weighted by Gasteiger charge is -1.70. The van der Waals surface area contributed by atoms with Gasteiger partial charge in [0.1, 0.15) is 0 Å². The van der Waals surface area contributed by atoms with Crippen LogP contribution in [0.3, 0.4) is 0 Å². The minimum Gasteiger partial charge on any atom is -0.351 e. The van der Waals surface area contributed by atoms with Gasteiger partial charge in [-0.2, -0.15) is 15.0 Å². The molecule has 3 aromatic heterocycles. The normalized spacial score (nSPS) is 7.53. The van der Waals surface area contributed by atoms with E-state index in [0.29, 0.717) is 0 Å². The number of imidazole rings is 1. The van der Waals surface area contributed by atoms with Crippen molar-refractivity contribution >= 4 is 9.90 Å². The van der Waals surface area contributed by atoms with Crippen LogP contribution < -0.4 is 0 Å². The summed E-state index contributed by atoms with van der Waals surface area (Å²) >= 11 is 0. The lowest BCUT2D eigenvalue weighted by Crippen LogP contribution is -1.58. The predicted molar refractivity (Wildman–Crippen MR) is 72.5 cm³/mol. The third-order valence-corrected chi connectivity index (χ3v) is 1.38. The molecule has 1 atom stereocenters. The van der Waals surface area contributed by atoms with Crippen LogP contribution in [-0.4, -0.2) is 25.1 Å². The van der Waals surface area contributed by atoms with Gasteiger partial charge in [-0.05, 0) is 18.2 Å². The highest BCUT2D eigenvalue weighted by atomic mass is 31.0. The average molecular weight is 249 g/mol. The molecule has 0 saturated carbocycles. The maximum Gasteiger partial charge on any atom is 0.0919 e. The molecule has 3 heterocycles. The van der Waals surface area contributed by atoms with Gasteiger partial charge in [0.15, 0.2) is 0 Å². The van der Waals surface area contributed by atoms with Crippen molar-refractivity contribution in [3.8, 4) is 0 Å². The maximum atomic E-state index is 3.78. The highest BCUT2D eigenvalue weighted by Gasteiger charge is 1.58. The van der Waals surface area contributed by atoms with E-state index in [2.05, 4.69) is 25.1 Å². The van der Waals surface area contributed by atoms with Crippen molar-refractivity contribution < 1.29 is 0 Å². The molecule has 3 aromatic rings. The number of hydrogen-bond donors (Lipinski definition) is 2. The Labute approximate surface area is 103 Å². The Bertz CT molecular complexity index is 311. The Kier molecular flexibility index (Phi) is 10.7. The number of H-pyrrole nitrogens is 2. The van der Waals surface area contributed by atoms with Gasteiger partial charge in [-0.1, -0.05) is 6.07 Å². The summed E-state index contributed by atoms with van der Waals surface area (Å²) in [5.74, 6) is 0. The van der Waals surface area contributed by atoms with Crippen LogP contribution in [0.1, 0.15) is 0 Å². The number of pyridine rings is 1. The topological polar surface area (TPSA) is 70.2 Å². The monoisotopic (exact) mass is 249 g/mol. The van der Waals surface area contributed by atoms with Crippen molar-refractivity contribution in [3.05, 3.63) is 67.8 Å². The van der Waals surface area contributed by atoms with Crippen LogP contribution in [0.25, 0.3) is 0 Å². The van der Waals surface area contributed by atoms with Crippen molar-refractivity contribution in [3.63, 3.8) is 0 Å². The maximum absolute atomic E-state index is 3.78. The molecule has 17 heavy (non-hydrogen) atoms. The SMILES string of the molecule is P.c1c[nH]cn1.c1ccncc1.c1cn[nH]c1. The summed E-state index contributed by atoms with van der Waals surface area (Å²) in [7, 11) is 0. The van der Waals surface area contributed by atoms with Gasteiger partial charge >= 0.3 is 0 Å². The lowest BCUT2D eigenvalue weighted by molar-refractivity contribution is 1.09. The van der Waals surface area contributed by atoms with Crippen molar-refractivity contribution in [2.45, 2.75) is 0 Å². The summed E-state index contributed by atoms with van der Waals surface area (Å²) in [6, 6.07) is 7.55. The van der Waals surface area contributed by atoms with Crippen LogP contribution >= 0.6 is 9.90 Å². The van der Waals surface area contributed by atoms with E-state index in [1.54, 1.807) is 43.5 Å². The first kappa shape index (κ1) is 15.0. The van der Waals surface area contributed by atoms with Gasteiger partial charge in [-0.3, -0.25) is 10.1 Å². The average Bonchev–Trinajstić information content (AvgIpc) is 3.10. The molecule has 0 radical (unpaired) electrons. The van der Waals surface area contributed by atoms with Crippen LogP contribution in [0.5, 0.6) is 0 Å². The van der Waals surface area contributed by atoms with Gasteiger partial charge in [0.25, 0.3) is 0 Å². The Balaban J connectivity index is 0.000000221. The third kappa shape index (κ3) is 10.3. The molecule has 90 valence electrons. The number of aromatic nitrogens is 5. The zero-order valence-corrected chi connectivity index (χ0v) is 10.8. The fraction of sp³-hybridized carbons (Fsp3) is 0. The van der Waals surface area contributed by atoms with Gasteiger partial charge in [0.05, 0.1) is 6.33 Å². The van der Waals surface area contributed by atoms with Crippen molar-refractivity contribution in [2.75, 3.05) is 0 Å². The molecule has 0 spiro atoms. The van der Waals surface area contributed by atoms with Gasteiger partial charge < -0.3 is 4.98 Å². The molecule has 0 saturated heterocycles. The molecule has 1 unspecified atom stereocenters. The van der Waals surface area contributed by atoms with Crippen LogP contribution in [0.4, 0.5) is 0 Å². The molecule has 0 aliphatic rings. The molecule has 0 amide bonds. The molecule has 2 N–H and O–H groups in total. The summed E-state index contributed by atoms with van der Waals surface area (Å²) in [4.78, 5) is 10.2. The van der Waals surface area contributed by atoms with E-state index in [1.165, 1.54) is 0 Å². The quantitative estimate of drug-likeness (QED) is 0.598. The Hall–Kier alpha value is -2.00. The highest BCUT2D eigenvalue weighted by molar-refractivity contribution is 6.92. The molecule has 6 heteroatoms. The molecule has 0 bridgehead atoms. The van der Waals surface area contributed by atoms with Crippen molar-refractivity contribution in [1.29, 1.82) is 0 Å². The fourth-order valence-electron chi connectivity index (χ4n) is 0.743. The molecule has 0 aromatic carbocycles. The Morgan fingerprint density at radius 1 is 0.706 bits per heavy atom. The lowest BCUT2D eigenvalue weighted by atomic mass is 10.5. The zero-order valence-electron chi connectivity index (χ0n) is 9.40. The van der Waals surface area contributed by atoms with E-state index in [-0.39, 0.29) is 9.90 Å². The number of aromatic amines is 2. The summed E-state index contributed by atoms with van der Waals surface area (Å²) in [6.07, 6.45) is 12.0. The van der Waals surface area contributed by atoms with Crippen LogP contribution in [-0.2, 0) is 0 Å². The van der Waals surface area contributed by atoms with Gasteiger partial charge in [-0.15, -0.1) is 0 Å². The van der Waals surface area contributed by atoms with E-state index in [0.717, 1.165) is 0 Å². The van der Waals surface area contributed by atoms with Gasteiger partial charge in [0.2, 0.25) is 0 Å². The molecular formula is C11H16N5P. The summed E-state index contributed by atoms with van der Waals surface area (Å²) in [6.45, 7) is 0. The second-order valence-electron chi connectivity index (χ2n) is 2.55. The fourth-order valence-corrected chi connectivity index (χ4v) is 0.743. The van der Waals surface area contributed by atoms with E-state index in [1.807, 2.05) is 24.3 Å². The van der Waals surface area contributed by atoms with Crippen LogP contribution in [0.15, 0.2) is 67.8 Å². The minimum absolute atomic E-state index is 0. The molecule has 5 nitrogen and oxygen atoms in total. The van der Waals surface area contributed by atoms with Crippen LogP contribution in [0.2, 0.25) is 0 Å². The second-order valence-corrected chi connectivity index (χ2v) is 2.55. The first-order valence-corrected chi connectivity index (χ1v) is 4.71. The van der Waals surface area contributed by atoms with Gasteiger partial charge in [0, 0.05) is 37.2 Å². The van der Waals surface area contributed by atoms with Gasteiger partial charge in [-0.25, -0.2) is 4.98 Å². The first-order chi connectivity index (χ1) is 8.00.